The summed E-state index contributed by atoms with van der Waals surface area (Å²) in [6.07, 6.45) is 3.08. The Morgan fingerprint density at radius 3 is 2.68 bits per heavy atom. The van der Waals surface area contributed by atoms with E-state index in [2.05, 4.69) is 27.5 Å². The van der Waals surface area contributed by atoms with Crippen LogP contribution in [-0.4, -0.2) is 79.7 Å². The molecule has 0 spiro atoms. The van der Waals surface area contributed by atoms with Gasteiger partial charge in [-0.25, -0.2) is 14.2 Å². The molecule has 3 aliphatic heterocycles. The highest BCUT2D eigenvalue weighted by molar-refractivity contribution is 6.00. The first-order chi connectivity index (χ1) is 16.4. The number of anilines is 1. The summed E-state index contributed by atoms with van der Waals surface area (Å²) in [4.78, 5) is 39.8. The van der Waals surface area contributed by atoms with Gasteiger partial charge in [-0.3, -0.25) is 25.2 Å². The second-order valence-corrected chi connectivity index (χ2v) is 9.23. The Balaban J connectivity index is 1.26. The van der Waals surface area contributed by atoms with Crippen molar-refractivity contribution in [3.8, 4) is 0 Å². The molecule has 0 aliphatic carbocycles. The fourth-order valence-electron chi connectivity index (χ4n) is 4.94. The second kappa shape index (κ2) is 11.1. The summed E-state index contributed by atoms with van der Waals surface area (Å²) in [5, 5.41) is 4.23. The lowest BCUT2D eigenvalue weighted by Crippen LogP contribution is -2.56. The van der Waals surface area contributed by atoms with Crippen LogP contribution >= 0.6 is 0 Å². The fraction of sp³-hybridized carbons (Fsp3) is 0.625. The molecule has 10 heteroatoms. The van der Waals surface area contributed by atoms with Gasteiger partial charge in [-0.1, -0.05) is 19.4 Å². The minimum absolute atomic E-state index is 0.273. The van der Waals surface area contributed by atoms with Crippen molar-refractivity contribution in [1.82, 2.24) is 20.7 Å². The van der Waals surface area contributed by atoms with Crippen LogP contribution in [0.1, 0.15) is 50.5 Å². The van der Waals surface area contributed by atoms with E-state index < -0.39 is 12.0 Å². The summed E-state index contributed by atoms with van der Waals surface area (Å²) in [7, 11) is 0. The van der Waals surface area contributed by atoms with E-state index in [4.69, 9.17) is 4.74 Å². The molecular weight excluding hydrogens is 441 g/mol. The molecule has 186 valence electrons. The average molecular weight is 476 g/mol. The number of nitrogens with zero attached hydrogens (tertiary/aromatic N) is 3. The number of hydrogen-bond acceptors (Lipinski definition) is 7. The molecule has 0 bridgehead atoms. The third kappa shape index (κ3) is 5.85. The quantitative estimate of drug-likeness (QED) is 0.460. The zero-order valence-corrected chi connectivity index (χ0v) is 19.7. The van der Waals surface area contributed by atoms with Crippen LogP contribution < -0.4 is 15.6 Å². The van der Waals surface area contributed by atoms with Gasteiger partial charge in [0.15, 0.2) is 0 Å². The van der Waals surface area contributed by atoms with Crippen LogP contribution in [0.3, 0.4) is 0 Å². The maximum atomic E-state index is 15.0. The molecule has 3 heterocycles. The first kappa shape index (κ1) is 24.4. The van der Waals surface area contributed by atoms with Crippen LogP contribution in [0.15, 0.2) is 18.2 Å². The van der Waals surface area contributed by atoms with Gasteiger partial charge in [0.2, 0.25) is 11.8 Å². The highest BCUT2D eigenvalue weighted by Gasteiger charge is 2.33. The number of imide groups is 1. The number of piperidine rings is 1. The molecule has 2 unspecified atom stereocenters. The number of halogens is 1. The van der Waals surface area contributed by atoms with Crippen molar-refractivity contribution in [3.05, 3.63) is 29.6 Å². The number of carbonyl (C=O) groups is 3. The lowest BCUT2D eigenvalue weighted by Gasteiger charge is -2.37. The van der Waals surface area contributed by atoms with Crippen LogP contribution in [0.25, 0.3) is 0 Å². The summed E-state index contributed by atoms with van der Waals surface area (Å²) < 4.78 is 20.2. The van der Waals surface area contributed by atoms with Gasteiger partial charge in [0.05, 0.1) is 18.2 Å². The average Bonchev–Trinajstić information content (AvgIpc) is 3.29. The van der Waals surface area contributed by atoms with Crippen molar-refractivity contribution in [2.75, 3.05) is 50.8 Å². The first-order valence-electron chi connectivity index (χ1n) is 12.2. The molecule has 3 fully saturated rings. The Labute approximate surface area is 199 Å². The number of ether oxygens (including phenoxy) is 1. The van der Waals surface area contributed by atoms with E-state index in [-0.39, 0.29) is 24.1 Å². The lowest BCUT2D eigenvalue weighted by molar-refractivity contribution is -0.134. The van der Waals surface area contributed by atoms with Crippen molar-refractivity contribution in [2.24, 2.45) is 0 Å². The lowest BCUT2D eigenvalue weighted by atomic mass is 9.90. The van der Waals surface area contributed by atoms with Crippen molar-refractivity contribution >= 4 is 23.6 Å². The van der Waals surface area contributed by atoms with E-state index >= 15 is 4.39 Å². The van der Waals surface area contributed by atoms with Crippen LogP contribution in [0.5, 0.6) is 0 Å². The number of rotatable bonds is 7. The van der Waals surface area contributed by atoms with E-state index in [1.807, 2.05) is 5.01 Å². The third-order valence-corrected chi connectivity index (χ3v) is 6.93. The SMILES string of the molecule is CCCCOC(=O)NN1CCN(C2CCN(c3ccc(C4CCC(=O)NC4=O)cc3F)C2)CC1. The van der Waals surface area contributed by atoms with Crippen molar-refractivity contribution in [1.29, 1.82) is 0 Å². The molecule has 9 nitrogen and oxygen atoms in total. The van der Waals surface area contributed by atoms with E-state index in [1.165, 1.54) is 6.07 Å². The van der Waals surface area contributed by atoms with Crippen molar-refractivity contribution in [3.63, 3.8) is 0 Å². The van der Waals surface area contributed by atoms with E-state index in [0.717, 1.165) is 45.4 Å². The fourth-order valence-corrected chi connectivity index (χ4v) is 4.94. The summed E-state index contributed by atoms with van der Waals surface area (Å²) in [6, 6.07) is 5.32. The van der Waals surface area contributed by atoms with Gasteiger partial charge in [0.1, 0.15) is 5.82 Å². The Morgan fingerprint density at radius 1 is 1.18 bits per heavy atom. The molecule has 2 N–H and O–H groups in total. The van der Waals surface area contributed by atoms with Crippen LogP contribution in [-0.2, 0) is 14.3 Å². The van der Waals surface area contributed by atoms with Gasteiger partial charge in [-0.2, -0.15) is 0 Å². The monoisotopic (exact) mass is 475 g/mol. The summed E-state index contributed by atoms with van der Waals surface area (Å²) in [5.74, 6) is -1.45. The maximum Gasteiger partial charge on any atom is 0.421 e. The molecule has 34 heavy (non-hydrogen) atoms. The van der Waals surface area contributed by atoms with Gasteiger partial charge in [-0.15, -0.1) is 0 Å². The minimum atomic E-state index is -0.485. The molecule has 2 atom stereocenters. The third-order valence-electron chi connectivity index (χ3n) is 6.93. The van der Waals surface area contributed by atoms with Crippen molar-refractivity contribution in [2.45, 2.75) is 51.0 Å². The van der Waals surface area contributed by atoms with Gasteiger partial charge in [-0.05, 0) is 37.0 Å². The Hall–Kier alpha value is -2.72. The summed E-state index contributed by atoms with van der Waals surface area (Å²) in [6.45, 7) is 7.07. The number of hydrogen-bond donors (Lipinski definition) is 2. The number of benzene rings is 1. The number of piperazine rings is 1. The molecule has 1 aromatic rings. The Kier molecular flexibility index (Phi) is 7.99. The molecular formula is C24H34FN5O4. The van der Waals surface area contributed by atoms with E-state index in [0.29, 0.717) is 43.4 Å². The number of hydrazine groups is 1. The van der Waals surface area contributed by atoms with Gasteiger partial charge < -0.3 is 9.64 Å². The number of unbranched alkanes of at least 4 members (excludes halogenated alkanes) is 1. The van der Waals surface area contributed by atoms with Gasteiger partial charge in [0.25, 0.3) is 0 Å². The Morgan fingerprint density at radius 2 is 1.97 bits per heavy atom. The second-order valence-electron chi connectivity index (χ2n) is 9.23. The Bertz CT molecular complexity index is 905. The number of nitrogens with one attached hydrogen (secondary N) is 2. The molecule has 3 saturated heterocycles. The molecule has 4 rings (SSSR count). The zero-order valence-electron chi connectivity index (χ0n) is 19.7. The van der Waals surface area contributed by atoms with Crippen LogP contribution in [0.2, 0.25) is 0 Å². The molecule has 0 radical (unpaired) electrons. The zero-order chi connectivity index (χ0) is 24.1. The largest absolute Gasteiger partial charge is 0.449 e. The van der Waals surface area contributed by atoms with Crippen LogP contribution in [0, 0.1) is 5.82 Å². The number of amides is 3. The highest BCUT2D eigenvalue weighted by atomic mass is 19.1. The standard InChI is InChI=1S/C24H34FN5O4/c1-2-3-14-34-24(33)27-30-12-10-28(11-13-30)18-8-9-29(16-18)21-6-4-17(15-20(21)25)19-5-7-22(31)26-23(19)32/h4,6,15,18-19H,2-3,5,7-14,16H2,1H3,(H,27,33)(H,26,31,32). The minimum Gasteiger partial charge on any atom is -0.449 e. The predicted molar refractivity (Wildman–Crippen MR) is 125 cm³/mol. The predicted octanol–water partition coefficient (Wildman–Crippen LogP) is 1.98. The normalized spacial score (nSPS) is 24.2. The summed E-state index contributed by atoms with van der Waals surface area (Å²) >= 11 is 0. The highest BCUT2D eigenvalue weighted by Crippen LogP contribution is 2.31. The van der Waals surface area contributed by atoms with Gasteiger partial charge in [0, 0.05) is 51.7 Å². The van der Waals surface area contributed by atoms with E-state index in [1.54, 1.807) is 12.1 Å². The van der Waals surface area contributed by atoms with Crippen LogP contribution in [0.4, 0.5) is 14.9 Å². The molecule has 3 amide bonds. The van der Waals surface area contributed by atoms with Crippen molar-refractivity contribution < 1.29 is 23.5 Å². The molecule has 3 aliphatic rings. The first-order valence-corrected chi connectivity index (χ1v) is 12.2. The molecule has 1 aromatic carbocycles. The summed E-state index contributed by atoms with van der Waals surface area (Å²) in [5.41, 5.74) is 3.97. The number of carbonyl (C=O) groups excluding carboxylic acids is 3. The maximum absolute atomic E-state index is 15.0. The molecule has 0 saturated carbocycles. The smallest absolute Gasteiger partial charge is 0.421 e. The topological polar surface area (TPSA) is 94.2 Å². The van der Waals surface area contributed by atoms with E-state index in [9.17, 15) is 14.4 Å². The molecule has 0 aromatic heterocycles. The van der Waals surface area contributed by atoms with Gasteiger partial charge >= 0.3 is 6.09 Å².